The van der Waals surface area contributed by atoms with Crippen LogP contribution in [0, 0.1) is 5.92 Å². The molecule has 1 saturated carbocycles. The molecule has 1 N–H and O–H groups in total. The highest BCUT2D eigenvalue weighted by molar-refractivity contribution is 5.35. The Labute approximate surface area is 127 Å². The predicted molar refractivity (Wildman–Crippen MR) is 84.5 cm³/mol. The van der Waals surface area contributed by atoms with Crippen LogP contribution in [0.4, 0.5) is 5.82 Å². The molecular weight excluding hydrogens is 262 g/mol. The third-order valence-corrected chi connectivity index (χ3v) is 4.86. The van der Waals surface area contributed by atoms with E-state index in [1.165, 1.54) is 25.7 Å². The minimum Gasteiger partial charge on any atom is -0.378 e. The third kappa shape index (κ3) is 3.73. The highest BCUT2D eigenvalue weighted by Gasteiger charge is 2.29. The minimum atomic E-state index is 0.399. The van der Waals surface area contributed by atoms with Gasteiger partial charge in [0.15, 0.2) is 0 Å². The SMILES string of the molecule is CCC(CC)C1CC(Nc2ccnc(C3CC3)n2)CCO1. The van der Waals surface area contributed by atoms with E-state index in [9.17, 15) is 0 Å². The van der Waals surface area contributed by atoms with E-state index in [0.717, 1.165) is 31.1 Å². The molecule has 21 heavy (non-hydrogen) atoms. The van der Waals surface area contributed by atoms with Gasteiger partial charge in [0.1, 0.15) is 11.6 Å². The molecule has 0 amide bonds. The van der Waals surface area contributed by atoms with E-state index in [2.05, 4.69) is 29.1 Å². The molecular formula is C17H27N3O. The van der Waals surface area contributed by atoms with E-state index in [-0.39, 0.29) is 0 Å². The number of nitrogens with zero attached hydrogens (tertiary/aromatic N) is 2. The topological polar surface area (TPSA) is 47.0 Å². The van der Waals surface area contributed by atoms with Crippen LogP contribution in [0.25, 0.3) is 0 Å². The maximum absolute atomic E-state index is 5.99. The lowest BCUT2D eigenvalue weighted by molar-refractivity contribution is -0.0271. The molecule has 0 bridgehead atoms. The highest BCUT2D eigenvalue weighted by Crippen LogP contribution is 2.38. The summed E-state index contributed by atoms with van der Waals surface area (Å²) in [5.41, 5.74) is 0. The average molecular weight is 289 g/mol. The minimum absolute atomic E-state index is 0.399. The Balaban J connectivity index is 1.60. The number of hydrogen-bond acceptors (Lipinski definition) is 4. The zero-order chi connectivity index (χ0) is 14.7. The second-order valence-electron chi connectivity index (χ2n) is 6.43. The van der Waals surface area contributed by atoms with Crippen molar-refractivity contribution in [3.63, 3.8) is 0 Å². The first-order valence-electron chi connectivity index (χ1n) is 8.51. The Morgan fingerprint density at radius 1 is 1.29 bits per heavy atom. The first kappa shape index (κ1) is 14.8. The van der Waals surface area contributed by atoms with Crippen LogP contribution in [0.5, 0.6) is 0 Å². The smallest absolute Gasteiger partial charge is 0.133 e. The monoisotopic (exact) mass is 289 g/mol. The Morgan fingerprint density at radius 2 is 2.10 bits per heavy atom. The highest BCUT2D eigenvalue weighted by atomic mass is 16.5. The van der Waals surface area contributed by atoms with Crippen molar-refractivity contribution in [1.29, 1.82) is 0 Å². The fraction of sp³-hybridized carbons (Fsp3) is 0.765. The van der Waals surface area contributed by atoms with Gasteiger partial charge in [0.25, 0.3) is 0 Å². The lowest BCUT2D eigenvalue weighted by Gasteiger charge is -2.34. The molecule has 0 aromatic carbocycles. The molecule has 2 atom stereocenters. The van der Waals surface area contributed by atoms with Crippen molar-refractivity contribution in [1.82, 2.24) is 9.97 Å². The summed E-state index contributed by atoms with van der Waals surface area (Å²) in [6.45, 7) is 5.39. The van der Waals surface area contributed by atoms with Crippen molar-refractivity contribution >= 4 is 5.82 Å². The second-order valence-corrected chi connectivity index (χ2v) is 6.43. The fourth-order valence-corrected chi connectivity index (χ4v) is 3.30. The van der Waals surface area contributed by atoms with Gasteiger partial charge in [-0.25, -0.2) is 9.97 Å². The molecule has 116 valence electrons. The number of anilines is 1. The molecule has 2 fully saturated rings. The number of rotatable bonds is 6. The van der Waals surface area contributed by atoms with Crippen molar-refractivity contribution in [2.75, 3.05) is 11.9 Å². The van der Waals surface area contributed by atoms with Crippen LogP contribution in [-0.4, -0.2) is 28.7 Å². The first-order valence-corrected chi connectivity index (χ1v) is 8.51. The van der Waals surface area contributed by atoms with E-state index >= 15 is 0 Å². The van der Waals surface area contributed by atoms with Gasteiger partial charge in [-0.05, 0) is 37.7 Å². The van der Waals surface area contributed by atoms with Crippen molar-refractivity contribution in [2.24, 2.45) is 5.92 Å². The largest absolute Gasteiger partial charge is 0.378 e. The molecule has 1 saturated heterocycles. The van der Waals surface area contributed by atoms with Gasteiger partial charge in [0.2, 0.25) is 0 Å². The van der Waals surface area contributed by atoms with Crippen LogP contribution in [0.1, 0.15) is 64.1 Å². The van der Waals surface area contributed by atoms with Crippen LogP contribution >= 0.6 is 0 Å². The van der Waals surface area contributed by atoms with Crippen LogP contribution in [0.3, 0.4) is 0 Å². The summed E-state index contributed by atoms with van der Waals surface area (Å²) in [7, 11) is 0. The van der Waals surface area contributed by atoms with E-state index in [0.29, 0.717) is 24.0 Å². The Bertz CT molecular complexity index is 457. The summed E-state index contributed by atoms with van der Waals surface area (Å²) in [6, 6.07) is 2.47. The zero-order valence-corrected chi connectivity index (χ0v) is 13.2. The molecule has 2 aliphatic rings. The summed E-state index contributed by atoms with van der Waals surface area (Å²) in [4.78, 5) is 9.06. The summed E-state index contributed by atoms with van der Waals surface area (Å²) in [6.07, 6.45) is 9.35. The lowest BCUT2D eigenvalue weighted by atomic mass is 9.89. The van der Waals surface area contributed by atoms with Crippen LogP contribution in [0.15, 0.2) is 12.3 Å². The number of aromatic nitrogens is 2. The van der Waals surface area contributed by atoms with Crippen molar-refractivity contribution < 1.29 is 4.74 Å². The number of hydrogen-bond donors (Lipinski definition) is 1. The van der Waals surface area contributed by atoms with E-state index in [1.807, 2.05) is 12.3 Å². The normalized spacial score (nSPS) is 26.0. The summed E-state index contributed by atoms with van der Waals surface area (Å²) >= 11 is 0. The molecule has 2 unspecified atom stereocenters. The quantitative estimate of drug-likeness (QED) is 0.866. The van der Waals surface area contributed by atoms with E-state index in [1.54, 1.807) is 0 Å². The van der Waals surface area contributed by atoms with Gasteiger partial charge >= 0.3 is 0 Å². The van der Waals surface area contributed by atoms with Crippen LogP contribution < -0.4 is 5.32 Å². The van der Waals surface area contributed by atoms with Gasteiger partial charge in [0.05, 0.1) is 6.10 Å². The number of ether oxygens (including phenoxy) is 1. The zero-order valence-electron chi connectivity index (χ0n) is 13.2. The molecule has 4 nitrogen and oxygen atoms in total. The maximum Gasteiger partial charge on any atom is 0.133 e. The predicted octanol–water partition coefficient (Wildman–Crippen LogP) is 3.75. The van der Waals surface area contributed by atoms with Crippen molar-refractivity contribution in [3.05, 3.63) is 18.1 Å². The Morgan fingerprint density at radius 3 is 2.81 bits per heavy atom. The molecule has 0 radical (unpaired) electrons. The second kappa shape index (κ2) is 6.73. The maximum atomic E-state index is 5.99. The van der Waals surface area contributed by atoms with Gasteiger partial charge in [-0.15, -0.1) is 0 Å². The van der Waals surface area contributed by atoms with Gasteiger partial charge in [0, 0.05) is 24.8 Å². The molecule has 0 spiro atoms. The average Bonchev–Trinajstić information content (AvgIpc) is 3.34. The van der Waals surface area contributed by atoms with E-state index < -0.39 is 0 Å². The van der Waals surface area contributed by atoms with Gasteiger partial charge in [-0.2, -0.15) is 0 Å². The van der Waals surface area contributed by atoms with Gasteiger partial charge in [-0.1, -0.05) is 26.7 Å². The fourth-order valence-electron chi connectivity index (χ4n) is 3.30. The molecule has 1 aliphatic carbocycles. The molecule has 2 heterocycles. The summed E-state index contributed by atoms with van der Waals surface area (Å²) < 4.78 is 5.99. The summed E-state index contributed by atoms with van der Waals surface area (Å²) in [5, 5.41) is 3.61. The Kier molecular flexibility index (Phi) is 4.73. The number of nitrogens with one attached hydrogen (secondary N) is 1. The standard InChI is InChI=1S/C17H27N3O/c1-3-12(4-2)15-11-14(8-10-21-15)19-16-7-9-18-17(20-16)13-5-6-13/h7,9,12-15H,3-6,8,10-11H2,1-2H3,(H,18,19,20). The van der Waals surface area contributed by atoms with Gasteiger partial charge in [-0.3, -0.25) is 0 Å². The van der Waals surface area contributed by atoms with Gasteiger partial charge < -0.3 is 10.1 Å². The molecule has 1 aliphatic heterocycles. The molecule has 1 aromatic heterocycles. The van der Waals surface area contributed by atoms with Crippen molar-refractivity contribution in [3.8, 4) is 0 Å². The van der Waals surface area contributed by atoms with Crippen molar-refractivity contribution in [2.45, 2.75) is 70.4 Å². The Hall–Kier alpha value is -1.16. The van der Waals surface area contributed by atoms with E-state index in [4.69, 9.17) is 4.74 Å². The third-order valence-electron chi connectivity index (χ3n) is 4.86. The molecule has 1 aromatic rings. The lowest BCUT2D eigenvalue weighted by Crippen LogP contribution is -2.38. The van der Waals surface area contributed by atoms with Crippen LogP contribution in [-0.2, 0) is 4.74 Å². The summed E-state index contributed by atoms with van der Waals surface area (Å²) in [5.74, 6) is 3.30. The molecule has 4 heteroatoms. The first-order chi connectivity index (χ1) is 10.3. The van der Waals surface area contributed by atoms with Crippen LogP contribution in [0.2, 0.25) is 0 Å². The molecule has 3 rings (SSSR count).